The lowest BCUT2D eigenvalue weighted by molar-refractivity contribution is -0.148. The van der Waals surface area contributed by atoms with Crippen molar-refractivity contribution in [1.29, 1.82) is 0 Å². The Hall–Kier alpha value is -3.35. The lowest BCUT2D eigenvalue weighted by atomic mass is 10.1. The predicted molar refractivity (Wildman–Crippen MR) is 103 cm³/mol. The number of oxazole rings is 1. The zero-order valence-electron chi connectivity index (χ0n) is 15.6. The summed E-state index contributed by atoms with van der Waals surface area (Å²) in [4.78, 5) is 28.0. The van der Waals surface area contributed by atoms with Gasteiger partial charge in [0.15, 0.2) is 18.1 Å². The number of ether oxygens (including phenoxy) is 2. The van der Waals surface area contributed by atoms with E-state index < -0.39 is 5.97 Å². The number of benzene rings is 2. The van der Waals surface area contributed by atoms with Crippen molar-refractivity contribution in [2.24, 2.45) is 0 Å². The van der Waals surface area contributed by atoms with Crippen LogP contribution in [0.25, 0.3) is 11.1 Å². The number of carbonyl (C=O) groups is 2. The van der Waals surface area contributed by atoms with E-state index >= 15 is 0 Å². The number of hydrogen-bond donors (Lipinski definition) is 1. The van der Waals surface area contributed by atoms with Crippen LogP contribution >= 0.6 is 0 Å². The highest BCUT2D eigenvalue weighted by molar-refractivity contribution is 5.80. The first kappa shape index (κ1) is 19.4. The Balaban J connectivity index is 1.35. The molecule has 0 spiro atoms. The molecule has 0 aliphatic heterocycles. The highest BCUT2D eigenvalue weighted by atomic mass is 16.5. The van der Waals surface area contributed by atoms with Gasteiger partial charge in [-0.2, -0.15) is 0 Å². The fourth-order valence-corrected chi connectivity index (χ4v) is 2.75. The molecule has 0 saturated carbocycles. The third kappa shape index (κ3) is 5.33. The van der Waals surface area contributed by atoms with Crippen molar-refractivity contribution in [3.05, 3.63) is 60.0 Å². The van der Waals surface area contributed by atoms with Gasteiger partial charge in [0.25, 0.3) is 5.91 Å². The molecule has 0 fully saturated rings. The van der Waals surface area contributed by atoms with Gasteiger partial charge in [0.1, 0.15) is 11.3 Å². The molecular weight excluding hydrogens is 360 g/mol. The van der Waals surface area contributed by atoms with Gasteiger partial charge in [-0.1, -0.05) is 30.3 Å². The third-order valence-electron chi connectivity index (χ3n) is 4.15. The lowest BCUT2D eigenvalue weighted by Gasteiger charge is -2.09. The van der Waals surface area contributed by atoms with Crippen molar-refractivity contribution in [2.75, 3.05) is 20.3 Å². The number of esters is 1. The minimum absolute atomic E-state index is 0.0985. The van der Waals surface area contributed by atoms with Gasteiger partial charge < -0.3 is 19.2 Å². The van der Waals surface area contributed by atoms with Crippen LogP contribution in [0.5, 0.6) is 5.75 Å². The first-order valence-corrected chi connectivity index (χ1v) is 9.04. The topological polar surface area (TPSA) is 90.7 Å². The van der Waals surface area contributed by atoms with Crippen molar-refractivity contribution >= 4 is 23.0 Å². The maximum atomic E-state index is 11.8. The quantitative estimate of drug-likeness (QED) is 0.572. The Morgan fingerprint density at radius 3 is 2.68 bits per heavy atom. The van der Waals surface area contributed by atoms with E-state index in [0.29, 0.717) is 30.9 Å². The number of nitrogens with one attached hydrogen (secondary N) is 1. The summed E-state index contributed by atoms with van der Waals surface area (Å²) in [6.07, 6.45) is 1.05. The van der Waals surface area contributed by atoms with Crippen LogP contribution in [0.1, 0.15) is 17.9 Å². The van der Waals surface area contributed by atoms with Crippen LogP contribution < -0.4 is 10.1 Å². The summed E-state index contributed by atoms with van der Waals surface area (Å²) in [6, 6.07) is 15.0. The number of fused-ring (bicyclic) bond motifs is 1. The Kier molecular flexibility index (Phi) is 6.62. The van der Waals surface area contributed by atoms with Crippen LogP contribution in [0.15, 0.2) is 52.9 Å². The smallest absolute Gasteiger partial charge is 0.306 e. The van der Waals surface area contributed by atoms with Crippen LogP contribution in [-0.2, 0) is 27.2 Å². The van der Waals surface area contributed by atoms with E-state index in [2.05, 4.69) is 10.3 Å². The SMILES string of the molecule is COc1ccccc1CCNC(=O)COC(=O)CCc1nc2ccccc2o1. The molecule has 0 saturated heterocycles. The van der Waals surface area contributed by atoms with E-state index in [4.69, 9.17) is 13.9 Å². The second-order valence-corrected chi connectivity index (χ2v) is 6.15. The Labute approximate surface area is 162 Å². The molecule has 0 aliphatic carbocycles. The van der Waals surface area contributed by atoms with E-state index in [1.54, 1.807) is 7.11 Å². The normalized spacial score (nSPS) is 10.6. The van der Waals surface area contributed by atoms with E-state index in [-0.39, 0.29) is 18.9 Å². The highest BCUT2D eigenvalue weighted by Gasteiger charge is 2.11. The Morgan fingerprint density at radius 2 is 1.86 bits per heavy atom. The van der Waals surface area contributed by atoms with E-state index in [0.717, 1.165) is 16.8 Å². The molecule has 0 aliphatic rings. The molecule has 1 N–H and O–H groups in total. The Bertz CT molecular complexity index is 918. The van der Waals surface area contributed by atoms with Crippen LogP contribution in [0.2, 0.25) is 0 Å². The molecule has 0 radical (unpaired) electrons. The van der Waals surface area contributed by atoms with Crippen molar-refractivity contribution in [1.82, 2.24) is 10.3 Å². The van der Waals surface area contributed by atoms with Crippen molar-refractivity contribution in [3.8, 4) is 5.75 Å². The van der Waals surface area contributed by atoms with Gasteiger partial charge in [-0.15, -0.1) is 0 Å². The summed E-state index contributed by atoms with van der Waals surface area (Å²) in [7, 11) is 1.61. The van der Waals surface area contributed by atoms with Gasteiger partial charge >= 0.3 is 5.97 Å². The minimum Gasteiger partial charge on any atom is -0.496 e. The maximum Gasteiger partial charge on any atom is 0.306 e. The first-order valence-electron chi connectivity index (χ1n) is 9.04. The summed E-state index contributed by atoms with van der Waals surface area (Å²) in [5, 5.41) is 2.73. The largest absolute Gasteiger partial charge is 0.496 e. The lowest BCUT2D eigenvalue weighted by Crippen LogP contribution is -2.30. The molecule has 3 aromatic rings. The zero-order chi connectivity index (χ0) is 19.8. The molecule has 7 heteroatoms. The number of rotatable bonds is 9. The number of nitrogens with zero attached hydrogens (tertiary/aromatic N) is 1. The van der Waals surface area contributed by atoms with Gasteiger partial charge in [-0.05, 0) is 30.2 Å². The number of carbonyl (C=O) groups excluding carboxylic acids is 2. The van der Waals surface area contributed by atoms with E-state index in [1.807, 2.05) is 48.5 Å². The summed E-state index contributed by atoms with van der Waals surface area (Å²) < 4.78 is 15.8. The van der Waals surface area contributed by atoms with Crippen molar-refractivity contribution < 1.29 is 23.5 Å². The standard InChI is InChI=1S/C21H22N2O5/c1-26-17-8-4-2-6-15(17)12-13-22-19(24)14-27-21(25)11-10-20-23-16-7-3-5-9-18(16)28-20/h2-9H,10-14H2,1H3,(H,22,24). The van der Waals surface area contributed by atoms with Crippen LogP contribution in [0.4, 0.5) is 0 Å². The highest BCUT2D eigenvalue weighted by Crippen LogP contribution is 2.17. The van der Waals surface area contributed by atoms with Gasteiger partial charge in [-0.25, -0.2) is 4.98 Å². The first-order chi connectivity index (χ1) is 13.7. The molecular formula is C21H22N2O5. The molecule has 146 valence electrons. The van der Waals surface area contributed by atoms with Crippen molar-refractivity contribution in [3.63, 3.8) is 0 Å². The second kappa shape index (κ2) is 9.55. The third-order valence-corrected chi connectivity index (χ3v) is 4.15. The molecule has 0 unspecified atom stereocenters. The summed E-state index contributed by atoms with van der Waals surface area (Å²) in [6.45, 7) is 0.123. The molecule has 28 heavy (non-hydrogen) atoms. The number of hydrogen-bond acceptors (Lipinski definition) is 6. The summed E-state index contributed by atoms with van der Waals surface area (Å²) in [5.74, 6) is 0.439. The molecule has 0 bridgehead atoms. The molecule has 1 aromatic heterocycles. The van der Waals surface area contributed by atoms with Crippen LogP contribution in [0.3, 0.4) is 0 Å². The summed E-state index contributed by atoms with van der Waals surface area (Å²) in [5.41, 5.74) is 2.43. The predicted octanol–water partition coefficient (Wildman–Crippen LogP) is 2.67. The van der Waals surface area contributed by atoms with Crippen molar-refractivity contribution in [2.45, 2.75) is 19.3 Å². The fraction of sp³-hybridized carbons (Fsp3) is 0.286. The molecule has 0 atom stereocenters. The van der Waals surface area contributed by atoms with Crippen LogP contribution in [-0.4, -0.2) is 37.1 Å². The van der Waals surface area contributed by atoms with Crippen LogP contribution in [0, 0.1) is 0 Å². The average molecular weight is 382 g/mol. The van der Waals surface area contributed by atoms with Gasteiger partial charge in [-0.3, -0.25) is 9.59 Å². The number of methoxy groups -OCH3 is 1. The maximum absolute atomic E-state index is 11.8. The molecule has 3 rings (SSSR count). The molecule has 7 nitrogen and oxygen atoms in total. The minimum atomic E-state index is -0.470. The second-order valence-electron chi connectivity index (χ2n) is 6.15. The van der Waals surface area contributed by atoms with Gasteiger partial charge in [0.05, 0.1) is 13.5 Å². The van der Waals surface area contributed by atoms with E-state index in [9.17, 15) is 9.59 Å². The van der Waals surface area contributed by atoms with Gasteiger partial charge in [0.2, 0.25) is 0 Å². The molecule has 2 aromatic carbocycles. The number of amides is 1. The monoisotopic (exact) mass is 382 g/mol. The number of aryl methyl sites for hydroxylation is 1. The number of para-hydroxylation sites is 3. The number of aromatic nitrogens is 1. The summed E-state index contributed by atoms with van der Waals surface area (Å²) >= 11 is 0. The fourth-order valence-electron chi connectivity index (χ4n) is 2.75. The average Bonchev–Trinajstić information content (AvgIpc) is 3.14. The van der Waals surface area contributed by atoms with Gasteiger partial charge in [0, 0.05) is 13.0 Å². The zero-order valence-corrected chi connectivity index (χ0v) is 15.6. The van der Waals surface area contributed by atoms with E-state index in [1.165, 1.54) is 0 Å². The Morgan fingerprint density at radius 1 is 1.07 bits per heavy atom. The molecule has 1 heterocycles. The molecule has 1 amide bonds.